The number of esters is 1. The van der Waals surface area contributed by atoms with Gasteiger partial charge in [0.05, 0.1) is 30.7 Å². The van der Waals surface area contributed by atoms with E-state index < -0.39 is 51.3 Å². The van der Waals surface area contributed by atoms with Crippen LogP contribution < -0.4 is 18.5 Å². The number of amides is 1. The fourth-order valence-electron chi connectivity index (χ4n) is 4.61. The molecule has 2 aromatic carbocycles. The van der Waals surface area contributed by atoms with Crippen molar-refractivity contribution < 1.29 is 55.3 Å². The third-order valence-electron chi connectivity index (χ3n) is 7.11. The van der Waals surface area contributed by atoms with Crippen LogP contribution in [0.15, 0.2) is 54.9 Å². The summed E-state index contributed by atoms with van der Waals surface area (Å²) in [6.45, 7) is 1.90. The molecular weight excluding hydrogens is 734 g/mol. The number of methoxy groups -OCH3 is 1. The van der Waals surface area contributed by atoms with E-state index in [0.29, 0.717) is 44.7 Å². The van der Waals surface area contributed by atoms with E-state index in [9.17, 15) is 31.6 Å². The molecule has 0 radical (unpaired) electrons. The SMILES string of the molecule is COc1ccc(C(=O)SCC(=O)O[C@@H](Cc2ccncc2Cl)c2ccc(OC(F)F)c(OCC3CC3)c2)cc1N(C(=O)OC(C)(C)C)S(C)(=O)=O. The van der Waals surface area contributed by atoms with Gasteiger partial charge in [0.2, 0.25) is 15.1 Å². The van der Waals surface area contributed by atoms with Crippen LogP contribution in [0.25, 0.3) is 0 Å². The highest BCUT2D eigenvalue weighted by molar-refractivity contribution is 8.14. The normalized spacial score (nSPS) is 13.7. The maximum Gasteiger partial charge on any atom is 0.429 e. The smallest absolute Gasteiger partial charge is 0.429 e. The molecule has 1 fully saturated rings. The van der Waals surface area contributed by atoms with Crippen molar-refractivity contribution in [3.8, 4) is 17.2 Å². The van der Waals surface area contributed by atoms with Crippen molar-refractivity contribution >= 4 is 56.3 Å². The summed E-state index contributed by atoms with van der Waals surface area (Å²) >= 11 is 6.92. The topological polar surface area (TPSA) is 148 Å². The van der Waals surface area contributed by atoms with Gasteiger partial charge in [-0.25, -0.2) is 13.2 Å². The minimum Gasteiger partial charge on any atom is -0.495 e. The second-order valence-electron chi connectivity index (χ2n) is 12.5. The van der Waals surface area contributed by atoms with Gasteiger partial charge >= 0.3 is 18.7 Å². The minimum atomic E-state index is -4.26. The fraction of sp³-hybridized carbons (Fsp3) is 0.412. The maximum atomic E-state index is 13.3. The number of aromatic nitrogens is 1. The molecule has 51 heavy (non-hydrogen) atoms. The van der Waals surface area contributed by atoms with E-state index in [1.165, 1.54) is 49.8 Å². The molecule has 1 aromatic heterocycles. The standard InChI is InChI=1S/C34H37ClF2N2O10S2/c1-34(2,3)49-33(42)39(51(5,43)44)25-14-23(9-10-26(25)45-4)31(41)50-19-30(40)47-28(15-21-12-13-38-17-24(21)35)22-8-11-27(48-32(36)37)29(16-22)46-18-20-6-7-20/h8-14,16-17,20,28,32H,6-7,15,18-19H2,1-5H3/t28-/m0/s1. The van der Waals surface area contributed by atoms with Gasteiger partial charge < -0.3 is 23.7 Å². The highest BCUT2D eigenvalue weighted by Crippen LogP contribution is 2.38. The average Bonchev–Trinajstić information content (AvgIpc) is 3.87. The lowest BCUT2D eigenvalue weighted by Gasteiger charge is -2.27. The monoisotopic (exact) mass is 770 g/mol. The number of halogens is 3. The summed E-state index contributed by atoms with van der Waals surface area (Å²) in [5.74, 6) is -1.13. The largest absolute Gasteiger partial charge is 0.495 e. The van der Waals surface area contributed by atoms with Crippen molar-refractivity contribution in [3.63, 3.8) is 0 Å². The van der Waals surface area contributed by atoms with E-state index in [2.05, 4.69) is 9.72 Å². The van der Waals surface area contributed by atoms with Gasteiger partial charge in [0, 0.05) is 24.4 Å². The predicted molar refractivity (Wildman–Crippen MR) is 186 cm³/mol. The van der Waals surface area contributed by atoms with Crippen molar-refractivity contribution in [1.82, 2.24) is 4.98 Å². The highest BCUT2D eigenvalue weighted by Gasteiger charge is 2.33. The Morgan fingerprint density at radius 2 is 1.76 bits per heavy atom. The number of nitrogens with zero attached hydrogens (tertiary/aromatic N) is 2. The molecule has 1 saturated carbocycles. The number of benzene rings is 2. The van der Waals surface area contributed by atoms with Crippen LogP contribution in [0.5, 0.6) is 17.2 Å². The first-order valence-corrected chi connectivity index (χ1v) is 18.7. The van der Waals surface area contributed by atoms with Crippen molar-refractivity contribution in [2.75, 3.05) is 30.0 Å². The van der Waals surface area contributed by atoms with E-state index in [4.69, 9.17) is 30.5 Å². The number of hydrogen-bond acceptors (Lipinski definition) is 12. The number of hydrogen-bond donors (Lipinski definition) is 0. The third-order valence-corrected chi connectivity index (χ3v) is 9.34. The molecule has 0 saturated heterocycles. The van der Waals surface area contributed by atoms with Crippen LogP contribution in [0, 0.1) is 5.92 Å². The molecular formula is C34H37ClF2N2O10S2. The van der Waals surface area contributed by atoms with Crippen LogP contribution in [-0.4, -0.2) is 68.5 Å². The van der Waals surface area contributed by atoms with Gasteiger partial charge in [-0.15, -0.1) is 0 Å². The first kappa shape index (κ1) is 39.6. The molecule has 4 rings (SSSR count). The van der Waals surface area contributed by atoms with Crippen LogP contribution in [0.2, 0.25) is 5.02 Å². The number of pyridine rings is 1. The predicted octanol–water partition coefficient (Wildman–Crippen LogP) is 7.24. The molecule has 1 atom stereocenters. The zero-order chi connectivity index (χ0) is 37.5. The Labute approximate surface area is 303 Å². The summed E-state index contributed by atoms with van der Waals surface area (Å²) in [6.07, 6.45) is 3.50. The summed E-state index contributed by atoms with van der Waals surface area (Å²) < 4.78 is 78.9. The second kappa shape index (κ2) is 16.9. The first-order valence-electron chi connectivity index (χ1n) is 15.5. The quantitative estimate of drug-likeness (QED) is 0.144. The van der Waals surface area contributed by atoms with Gasteiger partial charge in [0.15, 0.2) is 11.5 Å². The molecule has 0 aliphatic heterocycles. The Balaban J connectivity index is 1.56. The third kappa shape index (κ3) is 11.7. The van der Waals surface area contributed by atoms with Gasteiger partial charge in [-0.05, 0) is 87.1 Å². The summed E-state index contributed by atoms with van der Waals surface area (Å²) in [4.78, 5) is 43.4. The molecule has 1 heterocycles. The number of carbonyl (C=O) groups is 3. The van der Waals surface area contributed by atoms with E-state index in [0.717, 1.165) is 25.2 Å². The number of sulfonamides is 1. The van der Waals surface area contributed by atoms with Crippen LogP contribution in [0.1, 0.15) is 61.2 Å². The zero-order valence-corrected chi connectivity index (χ0v) is 30.8. The molecule has 0 N–H and O–H groups in total. The Hall–Kier alpha value is -4.15. The van der Waals surface area contributed by atoms with E-state index in [1.54, 1.807) is 26.8 Å². The second-order valence-corrected chi connectivity index (χ2v) is 15.6. The highest BCUT2D eigenvalue weighted by atomic mass is 35.5. The molecule has 17 heteroatoms. The molecule has 0 spiro atoms. The summed E-state index contributed by atoms with van der Waals surface area (Å²) in [5, 5.41) is -0.345. The number of anilines is 1. The molecule has 1 aliphatic carbocycles. The fourth-order valence-corrected chi connectivity index (χ4v) is 6.23. The number of alkyl halides is 2. The minimum absolute atomic E-state index is 0.0321. The lowest BCUT2D eigenvalue weighted by atomic mass is 10.0. The van der Waals surface area contributed by atoms with E-state index in [-0.39, 0.29) is 34.9 Å². The maximum absolute atomic E-state index is 13.3. The molecule has 0 unspecified atom stereocenters. The van der Waals surface area contributed by atoms with Crippen molar-refractivity contribution in [2.45, 2.75) is 58.4 Å². The molecule has 0 bridgehead atoms. The average molecular weight is 771 g/mol. The van der Waals surface area contributed by atoms with Crippen LogP contribution in [0.3, 0.4) is 0 Å². The first-order chi connectivity index (χ1) is 23.9. The summed E-state index contributed by atoms with van der Waals surface area (Å²) in [6, 6.07) is 9.66. The van der Waals surface area contributed by atoms with Gasteiger partial charge in [-0.3, -0.25) is 14.6 Å². The number of carbonyl (C=O) groups excluding carboxylic acids is 3. The Bertz CT molecular complexity index is 1850. The molecule has 3 aromatic rings. The van der Waals surface area contributed by atoms with Gasteiger partial charge in [-0.1, -0.05) is 29.4 Å². The van der Waals surface area contributed by atoms with Crippen LogP contribution in [-0.2, 0) is 30.7 Å². The lowest BCUT2D eigenvalue weighted by molar-refractivity contribution is -0.146. The number of rotatable bonds is 15. The molecule has 1 amide bonds. The van der Waals surface area contributed by atoms with Crippen molar-refractivity contribution in [3.05, 3.63) is 76.6 Å². The molecule has 1 aliphatic rings. The Kier molecular flexibility index (Phi) is 13.1. The van der Waals surface area contributed by atoms with Crippen molar-refractivity contribution in [1.29, 1.82) is 0 Å². The Morgan fingerprint density at radius 3 is 2.37 bits per heavy atom. The van der Waals surface area contributed by atoms with Crippen LogP contribution in [0.4, 0.5) is 19.3 Å². The zero-order valence-electron chi connectivity index (χ0n) is 28.4. The number of ether oxygens (including phenoxy) is 5. The lowest BCUT2D eigenvalue weighted by Crippen LogP contribution is -2.40. The summed E-state index contributed by atoms with van der Waals surface area (Å²) in [5.41, 5.74) is -0.385. The Morgan fingerprint density at radius 1 is 1.06 bits per heavy atom. The number of thioether (sulfide) groups is 1. The van der Waals surface area contributed by atoms with Gasteiger partial charge in [0.1, 0.15) is 23.1 Å². The van der Waals surface area contributed by atoms with E-state index >= 15 is 0 Å². The van der Waals surface area contributed by atoms with Gasteiger partial charge in [-0.2, -0.15) is 13.1 Å². The van der Waals surface area contributed by atoms with Gasteiger partial charge in [0.25, 0.3) is 0 Å². The summed E-state index contributed by atoms with van der Waals surface area (Å²) in [7, 11) is -3.00. The van der Waals surface area contributed by atoms with Crippen LogP contribution >= 0.6 is 23.4 Å². The molecule has 12 nitrogen and oxygen atoms in total. The van der Waals surface area contributed by atoms with E-state index in [1.807, 2.05) is 0 Å². The molecule has 276 valence electrons. The van der Waals surface area contributed by atoms with Crippen molar-refractivity contribution in [2.24, 2.45) is 5.92 Å².